The maximum absolute atomic E-state index is 12.4. The van der Waals surface area contributed by atoms with Gasteiger partial charge in [0.25, 0.3) is 5.91 Å². The molecule has 3 aromatic rings. The van der Waals surface area contributed by atoms with E-state index in [-0.39, 0.29) is 17.3 Å². The smallest absolute Gasteiger partial charge is 0.251 e. The molecule has 2 aromatic heterocycles. The van der Waals surface area contributed by atoms with Crippen LogP contribution in [0.1, 0.15) is 55.7 Å². The lowest BCUT2D eigenvalue weighted by molar-refractivity contribution is -0.120. The average molecular weight is 432 g/mol. The topological polar surface area (TPSA) is 87.9 Å². The third-order valence-corrected chi connectivity index (χ3v) is 8.25. The molecule has 0 radical (unpaired) electrons. The summed E-state index contributed by atoms with van der Waals surface area (Å²) in [5.74, 6) is -0.223. The zero-order valence-corrected chi connectivity index (χ0v) is 18.1. The summed E-state index contributed by atoms with van der Waals surface area (Å²) < 4.78 is 0. The van der Waals surface area contributed by atoms with E-state index < -0.39 is 0 Å². The monoisotopic (exact) mass is 431 g/mol. The minimum atomic E-state index is -0.278. The van der Waals surface area contributed by atoms with Gasteiger partial charge in [0, 0.05) is 27.7 Å². The van der Waals surface area contributed by atoms with Gasteiger partial charge >= 0.3 is 0 Å². The summed E-state index contributed by atoms with van der Waals surface area (Å²) >= 11 is 1.69. The molecule has 3 N–H and O–H groups in total. The molecule has 3 heterocycles. The van der Waals surface area contributed by atoms with Crippen LogP contribution in [0.4, 0.5) is 0 Å². The Morgan fingerprint density at radius 3 is 2.94 bits per heavy atom. The number of amides is 1. The predicted molar refractivity (Wildman–Crippen MR) is 123 cm³/mol. The highest BCUT2D eigenvalue weighted by Crippen LogP contribution is 2.51. The second-order valence-electron chi connectivity index (χ2n) is 8.64. The number of thioether (sulfide) groups is 1. The summed E-state index contributed by atoms with van der Waals surface area (Å²) in [6.07, 6.45) is 11.3. The molecule has 31 heavy (non-hydrogen) atoms. The Morgan fingerprint density at radius 1 is 1.13 bits per heavy atom. The summed E-state index contributed by atoms with van der Waals surface area (Å²) in [5.41, 5.74) is 12.9. The minimum absolute atomic E-state index is 0.214. The van der Waals surface area contributed by atoms with Gasteiger partial charge in [-0.25, -0.2) is 9.97 Å². The standard InChI is InChI=1S/C24H25N5OS/c25-22(30)24-29(19-5-1-2-7-20(19)31-24)18-6-3-4-14-12-15(8-9-16(14)18)21-17-10-11-26-23(17)28-13-27-21/h8-13,18,24H,1-7H2,(H2,25,30)(H,26,27,28). The van der Waals surface area contributed by atoms with Crippen molar-refractivity contribution in [1.82, 2.24) is 19.9 Å². The first-order valence-electron chi connectivity index (χ1n) is 11.1. The van der Waals surface area contributed by atoms with Crippen molar-refractivity contribution in [2.45, 2.75) is 56.4 Å². The highest BCUT2D eigenvalue weighted by Gasteiger charge is 2.42. The number of aryl methyl sites for hydroxylation is 1. The van der Waals surface area contributed by atoms with Crippen LogP contribution in [0.15, 0.2) is 47.4 Å². The number of H-pyrrole nitrogens is 1. The Balaban J connectivity index is 1.41. The van der Waals surface area contributed by atoms with Crippen molar-refractivity contribution in [2.24, 2.45) is 5.73 Å². The van der Waals surface area contributed by atoms with Gasteiger partial charge in [-0.1, -0.05) is 23.9 Å². The van der Waals surface area contributed by atoms with Crippen LogP contribution in [0, 0.1) is 0 Å². The molecule has 0 fully saturated rings. The highest BCUT2D eigenvalue weighted by atomic mass is 32.2. The number of allylic oxidation sites excluding steroid dienone is 2. The summed E-state index contributed by atoms with van der Waals surface area (Å²) in [4.78, 5) is 28.2. The fraction of sp³-hybridized carbons (Fsp3) is 0.375. The maximum atomic E-state index is 12.4. The van der Waals surface area contributed by atoms with E-state index >= 15 is 0 Å². The fourth-order valence-electron chi connectivity index (χ4n) is 5.47. The number of primary amides is 1. The lowest BCUT2D eigenvalue weighted by Crippen LogP contribution is -2.42. The Hall–Kier alpha value is -2.80. The van der Waals surface area contributed by atoms with Gasteiger partial charge in [0.2, 0.25) is 0 Å². The van der Waals surface area contributed by atoms with E-state index in [1.54, 1.807) is 18.1 Å². The first-order valence-corrected chi connectivity index (χ1v) is 12.0. The number of aromatic nitrogens is 3. The van der Waals surface area contributed by atoms with Gasteiger partial charge in [0.15, 0.2) is 5.37 Å². The molecule has 2 atom stereocenters. The molecule has 0 saturated carbocycles. The van der Waals surface area contributed by atoms with Crippen molar-refractivity contribution in [1.29, 1.82) is 0 Å². The first-order chi connectivity index (χ1) is 15.2. The number of benzene rings is 1. The number of nitrogens with one attached hydrogen (secondary N) is 1. The lowest BCUT2D eigenvalue weighted by atomic mass is 9.84. The average Bonchev–Trinajstić information content (AvgIpc) is 3.43. The van der Waals surface area contributed by atoms with Crippen LogP contribution in [0.25, 0.3) is 22.3 Å². The van der Waals surface area contributed by atoms with E-state index in [4.69, 9.17) is 5.73 Å². The molecular weight excluding hydrogens is 406 g/mol. The van der Waals surface area contributed by atoms with Gasteiger partial charge in [-0.05, 0) is 68.2 Å². The lowest BCUT2D eigenvalue weighted by Gasteiger charge is -2.39. The van der Waals surface area contributed by atoms with E-state index in [9.17, 15) is 4.79 Å². The Labute approximate surface area is 185 Å². The predicted octanol–water partition coefficient (Wildman–Crippen LogP) is 4.65. The molecule has 1 aliphatic heterocycles. The zero-order valence-electron chi connectivity index (χ0n) is 17.3. The number of fused-ring (bicyclic) bond motifs is 2. The molecule has 0 bridgehead atoms. The number of carbonyl (C=O) groups is 1. The molecule has 2 unspecified atom stereocenters. The van der Waals surface area contributed by atoms with Gasteiger partial charge in [0.05, 0.1) is 11.7 Å². The van der Waals surface area contributed by atoms with E-state index in [1.807, 2.05) is 12.3 Å². The molecule has 7 heteroatoms. The molecule has 1 amide bonds. The van der Waals surface area contributed by atoms with Crippen LogP contribution < -0.4 is 5.73 Å². The maximum Gasteiger partial charge on any atom is 0.251 e. The summed E-state index contributed by atoms with van der Waals surface area (Å²) in [5, 5.41) is 0.761. The number of aromatic amines is 1. The van der Waals surface area contributed by atoms with Crippen LogP contribution in [0.3, 0.4) is 0 Å². The SMILES string of the molecule is NC(=O)C1SC2=C(CCCC2)N1C1CCCc2cc(-c3ncnc4[nH]ccc34)ccc21. The number of carbonyl (C=O) groups excluding carboxylic acids is 1. The van der Waals surface area contributed by atoms with Crippen molar-refractivity contribution >= 4 is 28.7 Å². The third-order valence-electron chi connectivity index (χ3n) is 6.84. The minimum Gasteiger partial charge on any atom is -0.367 e. The van der Waals surface area contributed by atoms with Crippen LogP contribution in [-0.4, -0.2) is 31.1 Å². The van der Waals surface area contributed by atoms with Gasteiger partial charge in [-0.3, -0.25) is 4.79 Å². The molecule has 0 saturated heterocycles. The van der Waals surface area contributed by atoms with E-state index in [1.165, 1.54) is 34.6 Å². The van der Waals surface area contributed by atoms with Crippen molar-refractivity contribution in [3.05, 3.63) is 58.5 Å². The van der Waals surface area contributed by atoms with Crippen LogP contribution in [0.5, 0.6) is 0 Å². The molecule has 3 aliphatic rings. The number of hydrogen-bond donors (Lipinski definition) is 2. The van der Waals surface area contributed by atoms with Crippen molar-refractivity contribution < 1.29 is 4.79 Å². The normalized spacial score (nSPS) is 23.2. The number of nitrogens with two attached hydrogens (primary N) is 1. The van der Waals surface area contributed by atoms with Crippen LogP contribution >= 0.6 is 11.8 Å². The Kier molecular flexibility index (Phi) is 4.52. The largest absolute Gasteiger partial charge is 0.367 e. The number of hydrogen-bond acceptors (Lipinski definition) is 5. The van der Waals surface area contributed by atoms with Gasteiger partial charge in [0.1, 0.15) is 12.0 Å². The molecule has 2 aliphatic carbocycles. The summed E-state index contributed by atoms with van der Waals surface area (Å²) in [6.45, 7) is 0. The van der Waals surface area contributed by atoms with E-state index in [2.05, 4.69) is 38.1 Å². The van der Waals surface area contributed by atoms with E-state index in [0.717, 1.165) is 54.4 Å². The second-order valence-corrected chi connectivity index (χ2v) is 9.82. The molecule has 1 aromatic carbocycles. The number of nitrogens with zero attached hydrogens (tertiary/aromatic N) is 3. The Morgan fingerprint density at radius 2 is 2.03 bits per heavy atom. The first kappa shape index (κ1) is 18.9. The fourth-order valence-corrected chi connectivity index (χ4v) is 6.85. The summed E-state index contributed by atoms with van der Waals surface area (Å²) in [7, 11) is 0. The molecule has 0 spiro atoms. The second kappa shape index (κ2) is 7.41. The van der Waals surface area contributed by atoms with E-state index in [0.29, 0.717) is 0 Å². The van der Waals surface area contributed by atoms with Crippen molar-refractivity contribution in [2.75, 3.05) is 0 Å². The van der Waals surface area contributed by atoms with Crippen LogP contribution in [0.2, 0.25) is 0 Å². The van der Waals surface area contributed by atoms with Crippen LogP contribution in [-0.2, 0) is 11.2 Å². The number of rotatable bonds is 3. The highest BCUT2D eigenvalue weighted by molar-refractivity contribution is 8.04. The van der Waals surface area contributed by atoms with Gasteiger partial charge in [-0.15, -0.1) is 0 Å². The quantitative estimate of drug-likeness (QED) is 0.630. The molecular formula is C24H25N5OS. The summed E-state index contributed by atoms with van der Waals surface area (Å²) in [6, 6.07) is 8.95. The molecule has 6 rings (SSSR count). The van der Waals surface area contributed by atoms with Crippen molar-refractivity contribution in [3.63, 3.8) is 0 Å². The van der Waals surface area contributed by atoms with Gasteiger partial charge in [-0.2, -0.15) is 0 Å². The third kappa shape index (κ3) is 3.05. The molecule has 6 nitrogen and oxygen atoms in total. The Bertz CT molecular complexity index is 1220. The van der Waals surface area contributed by atoms with Crippen molar-refractivity contribution in [3.8, 4) is 11.3 Å². The van der Waals surface area contributed by atoms with Gasteiger partial charge < -0.3 is 15.6 Å². The zero-order chi connectivity index (χ0) is 20.9. The molecule has 158 valence electrons.